The number of anilines is 1. The Bertz CT molecular complexity index is 730. The van der Waals surface area contributed by atoms with Crippen LogP contribution < -0.4 is 4.90 Å². The van der Waals surface area contributed by atoms with E-state index in [1.165, 1.54) is 11.3 Å². The van der Waals surface area contributed by atoms with E-state index in [9.17, 15) is 5.26 Å². The van der Waals surface area contributed by atoms with E-state index >= 15 is 0 Å². The Labute approximate surface area is 128 Å². The minimum absolute atomic E-state index is 0.267. The summed E-state index contributed by atoms with van der Waals surface area (Å²) in [6.07, 6.45) is 3.03. The third kappa shape index (κ3) is 1.74. The molecule has 2 aromatic rings. The molecule has 0 N–H and O–H groups in total. The molecular formula is C17H17N3S. The predicted molar refractivity (Wildman–Crippen MR) is 84.7 cm³/mol. The maximum atomic E-state index is 10.1. The second kappa shape index (κ2) is 4.57. The molecule has 0 saturated carbocycles. The number of nitriles is 1. The number of thiazole rings is 1. The first-order valence-electron chi connectivity index (χ1n) is 7.43. The fraction of sp³-hybridized carbons (Fsp3) is 0.412. The van der Waals surface area contributed by atoms with Gasteiger partial charge in [-0.15, -0.1) is 11.3 Å². The minimum atomic E-state index is -0.482. The van der Waals surface area contributed by atoms with E-state index in [0.29, 0.717) is 0 Å². The fourth-order valence-electron chi connectivity index (χ4n) is 3.87. The Morgan fingerprint density at radius 3 is 3.05 bits per heavy atom. The highest BCUT2D eigenvalue weighted by molar-refractivity contribution is 7.09. The van der Waals surface area contributed by atoms with Gasteiger partial charge in [-0.3, -0.25) is 0 Å². The summed E-state index contributed by atoms with van der Waals surface area (Å²) in [6.45, 7) is 3.06. The molecule has 1 saturated heterocycles. The Hall–Kier alpha value is -1.86. The maximum absolute atomic E-state index is 10.1. The van der Waals surface area contributed by atoms with Gasteiger partial charge in [-0.05, 0) is 31.4 Å². The number of aryl methyl sites for hydroxylation is 1. The van der Waals surface area contributed by atoms with E-state index in [1.807, 2.05) is 6.92 Å². The Morgan fingerprint density at radius 2 is 2.29 bits per heavy atom. The van der Waals surface area contributed by atoms with E-state index in [2.05, 4.69) is 45.6 Å². The number of hydrogen-bond donors (Lipinski definition) is 0. The van der Waals surface area contributed by atoms with Crippen LogP contribution in [0.15, 0.2) is 29.6 Å². The topological polar surface area (TPSA) is 39.9 Å². The molecular weight excluding hydrogens is 278 g/mol. The quantitative estimate of drug-likeness (QED) is 0.809. The lowest BCUT2D eigenvalue weighted by atomic mass is 9.72. The maximum Gasteiger partial charge on any atom is 0.133 e. The predicted octanol–water partition coefficient (Wildman–Crippen LogP) is 3.44. The monoisotopic (exact) mass is 295 g/mol. The number of aromatic nitrogens is 1. The SMILES string of the molecule is Cc1csc([C@]2(C#N)Cc3ccccc3N3CCC[C@H]32)n1. The highest BCUT2D eigenvalue weighted by Gasteiger charge is 2.51. The standard InChI is InChI=1S/C17H17N3S/c1-12-10-21-16(19-12)17(11-18)9-13-5-2-3-6-14(13)20-8-4-7-15(17)20/h2-3,5-6,10,15H,4,7-9H2,1H3/t15-,17-/m0/s1. The van der Waals surface area contributed by atoms with Crippen LogP contribution in [-0.2, 0) is 11.8 Å². The van der Waals surface area contributed by atoms with Crippen molar-refractivity contribution in [2.75, 3.05) is 11.4 Å². The van der Waals surface area contributed by atoms with Crippen LogP contribution in [0.5, 0.6) is 0 Å². The summed E-state index contributed by atoms with van der Waals surface area (Å²) in [5.74, 6) is 0. The number of hydrogen-bond acceptors (Lipinski definition) is 4. The smallest absolute Gasteiger partial charge is 0.133 e. The Balaban J connectivity index is 1.91. The first-order valence-corrected chi connectivity index (χ1v) is 8.31. The molecule has 3 nitrogen and oxygen atoms in total. The van der Waals surface area contributed by atoms with Crippen molar-refractivity contribution in [1.82, 2.24) is 4.98 Å². The summed E-state index contributed by atoms with van der Waals surface area (Å²) in [5, 5.41) is 13.1. The number of para-hydroxylation sites is 1. The molecule has 21 heavy (non-hydrogen) atoms. The Kier molecular flexibility index (Phi) is 2.80. The van der Waals surface area contributed by atoms with Crippen molar-refractivity contribution in [3.8, 4) is 6.07 Å². The van der Waals surface area contributed by atoms with Gasteiger partial charge in [0.1, 0.15) is 10.4 Å². The zero-order valence-electron chi connectivity index (χ0n) is 12.0. The molecule has 0 unspecified atom stereocenters. The number of fused-ring (bicyclic) bond motifs is 3. The van der Waals surface area contributed by atoms with Crippen LogP contribution in [0, 0.1) is 18.3 Å². The number of rotatable bonds is 1. The van der Waals surface area contributed by atoms with Gasteiger partial charge >= 0.3 is 0 Å². The minimum Gasteiger partial charge on any atom is -0.366 e. The second-order valence-corrected chi connectivity index (χ2v) is 6.89. The van der Waals surface area contributed by atoms with Crippen molar-refractivity contribution in [3.63, 3.8) is 0 Å². The van der Waals surface area contributed by atoms with E-state index in [4.69, 9.17) is 0 Å². The van der Waals surface area contributed by atoms with Gasteiger partial charge < -0.3 is 4.90 Å². The highest BCUT2D eigenvalue weighted by atomic mass is 32.1. The summed E-state index contributed by atoms with van der Waals surface area (Å²) in [4.78, 5) is 7.12. The molecule has 1 aromatic heterocycles. The summed E-state index contributed by atoms with van der Waals surface area (Å²) >= 11 is 1.64. The zero-order valence-corrected chi connectivity index (χ0v) is 12.9. The summed E-state index contributed by atoms with van der Waals surface area (Å²) in [7, 11) is 0. The van der Waals surface area contributed by atoms with Crippen LogP contribution in [0.3, 0.4) is 0 Å². The molecule has 1 aromatic carbocycles. The van der Waals surface area contributed by atoms with Gasteiger partial charge in [0, 0.05) is 29.7 Å². The van der Waals surface area contributed by atoms with Crippen molar-refractivity contribution in [3.05, 3.63) is 45.9 Å². The van der Waals surface area contributed by atoms with E-state index < -0.39 is 5.41 Å². The molecule has 0 bridgehead atoms. The van der Waals surface area contributed by atoms with Crippen LogP contribution in [0.4, 0.5) is 5.69 Å². The zero-order chi connectivity index (χ0) is 14.4. The van der Waals surface area contributed by atoms with Crippen molar-refractivity contribution in [2.24, 2.45) is 0 Å². The van der Waals surface area contributed by atoms with Crippen molar-refractivity contribution in [2.45, 2.75) is 37.6 Å². The van der Waals surface area contributed by atoms with Crippen molar-refractivity contribution < 1.29 is 0 Å². The van der Waals surface area contributed by atoms with Gasteiger partial charge in [-0.25, -0.2) is 4.98 Å². The van der Waals surface area contributed by atoms with Crippen LogP contribution >= 0.6 is 11.3 Å². The average Bonchev–Trinajstić information content (AvgIpc) is 3.15. The lowest BCUT2D eigenvalue weighted by molar-refractivity contribution is 0.408. The fourth-order valence-corrected chi connectivity index (χ4v) is 4.86. The van der Waals surface area contributed by atoms with Crippen LogP contribution in [0.1, 0.15) is 29.1 Å². The molecule has 0 radical (unpaired) electrons. The van der Waals surface area contributed by atoms with Crippen molar-refractivity contribution in [1.29, 1.82) is 5.26 Å². The average molecular weight is 295 g/mol. The van der Waals surface area contributed by atoms with Gasteiger partial charge in [0.2, 0.25) is 0 Å². The number of benzene rings is 1. The largest absolute Gasteiger partial charge is 0.366 e. The molecule has 106 valence electrons. The molecule has 2 atom stereocenters. The Morgan fingerprint density at radius 1 is 1.43 bits per heavy atom. The molecule has 0 aliphatic carbocycles. The summed E-state index contributed by atoms with van der Waals surface area (Å²) < 4.78 is 0. The van der Waals surface area contributed by atoms with Crippen LogP contribution in [-0.4, -0.2) is 17.6 Å². The second-order valence-electron chi connectivity index (χ2n) is 6.03. The van der Waals surface area contributed by atoms with E-state index in [0.717, 1.165) is 36.5 Å². The molecule has 2 aliphatic rings. The van der Waals surface area contributed by atoms with E-state index in [1.54, 1.807) is 11.3 Å². The van der Waals surface area contributed by atoms with Gasteiger partial charge in [-0.2, -0.15) is 5.26 Å². The molecule has 1 fully saturated rings. The molecule has 2 aliphatic heterocycles. The van der Waals surface area contributed by atoms with Crippen molar-refractivity contribution >= 4 is 17.0 Å². The van der Waals surface area contributed by atoms with Gasteiger partial charge in [-0.1, -0.05) is 18.2 Å². The van der Waals surface area contributed by atoms with Gasteiger partial charge in [0.05, 0.1) is 12.1 Å². The first kappa shape index (κ1) is 12.8. The summed E-state index contributed by atoms with van der Waals surface area (Å²) in [6, 6.07) is 11.5. The molecule has 0 spiro atoms. The third-order valence-electron chi connectivity index (χ3n) is 4.79. The van der Waals surface area contributed by atoms with Crippen LogP contribution in [0.2, 0.25) is 0 Å². The van der Waals surface area contributed by atoms with Gasteiger partial charge in [0.15, 0.2) is 0 Å². The lowest BCUT2D eigenvalue weighted by Crippen LogP contribution is -2.51. The van der Waals surface area contributed by atoms with E-state index in [-0.39, 0.29) is 6.04 Å². The molecule has 4 heteroatoms. The number of nitrogens with zero attached hydrogens (tertiary/aromatic N) is 3. The van der Waals surface area contributed by atoms with Crippen LogP contribution in [0.25, 0.3) is 0 Å². The molecule has 0 amide bonds. The van der Waals surface area contributed by atoms with Gasteiger partial charge in [0.25, 0.3) is 0 Å². The molecule has 4 rings (SSSR count). The lowest BCUT2D eigenvalue weighted by Gasteiger charge is -2.43. The first-order chi connectivity index (χ1) is 10.2. The normalized spacial score (nSPS) is 27.0. The summed E-state index contributed by atoms with van der Waals surface area (Å²) in [5.41, 5.74) is 3.14. The highest BCUT2D eigenvalue weighted by Crippen LogP contribution is 2.47. The molecule has 3 heterocycles. The third-order valence-corrected chi connectivity index (χ3v) is 5.93.